The Bertz CT molecular complexity index is 1070. The van der Waals surface area contributed by atoms with Gasteiger partial charge in [0.25, 0.3) is 0 Å². The van der Waals surface area contributed by atoms with Crippen molar-refractivity contribution >= 4 is 53.7 Å². The highest BCUT2D eigenvalue weighted by atomic mass is 35.5. The lowest BCUT2D eigenvalue weighted by Gasteiger charge is -2.20. The van der Waals surface area contributed by atoms with E-state index < -0.39 is 0 Å². The van der Waals surface area contributed by atoms with Crippen molar-refractivity contribution < 1.29 is 9.47 Å². The average molecular weight is 522 g/mol. The number of hydrogen-bond donors (Lipinski definition) is 1. The van der Waals surface area contributed by atoms with Crippen molar-refractivity contribution in [2.75, 3.05) is 39.2 Å². The molecule has 0 aliphatic carbocycles. The number of nitrogens with one attached hydrogen (secondary N) is 1. The third-order valence-electron chi connectivity index (χ3n) is 5.84. The lowest BCUT2D eigenvalue weighted by atomic mass is 10.1. The van der Waals surface area contributed by atoms with Crippen LogP contribution in [0.5, 0.6) is 11.5 Å². The van der Waals surface area contributed by atoms with Crippen LogP contribution in [0.25, 0.3) is 23.1 Å². The van der Waals surface area contributed by atoms with Gasteiger partial charge in [-0.25, -0.2) is 9.97 Å². The number of halogens is 2. The van der Waals surface area contributed by atoms with Gasteiger partial charge in [-0.1, -0.05) is 38.1 Å². The molecule has 1 aromatic heterocycles. The van der Waals surface area contributed by atoms with Crippen LogP contribution in [-0.4, -0.2) is 54.8 Å². The van der Waals surface area contributed by atoms with Crippen molar-refractivity contribution in [2.45, 2.75) is 39.7 Å². The Balaban J connectivity index is 0.00000306. The minimum atomic E-state index is 0. The first kappa shape index (κ1) is 30.5. The van der Waals surface area contributed by atoms with Gasteiger partial charge in [0.2, 0.25) is 0 Å². The van der Waals surface area contributed by atoms with Crippen LogP contribution in [0.1, 0.15) is 45.0 Å². The predicted molar refractivity (Wildman–Crippen MR) is 153 cm³/mol. The third kappa shape index (κ3) is 8.57. The Morgan fingerprint density at radius 3 is 2.34 bits per heavy atom. The van der Waals surface area contributed by atoms with E-state index >= 15 is 0 Å². The van der Waals surface area contributed by atoms with E-state index in [0.29, 0.717) is 23.4 Å². The molecule has 192 valence electrons. The molecule has 0 aliphatic rings. The number of anilines is 1. The van der Waals surface area contributed by atoms with E-state index in [9.17, 15) is 0 Å². The summed E-state index contributed by atoms with van der Waals surface area (Å²) < 4.78 is 10.7. The molecule has 1 heterocycles. The molecule has 0 aliphatic heterocycles. The van der Waals surface area contributed by atoms with E-state index in [2.05, 4.69) is 37.1 Å². The van der Waals surface area contributed by atoms with Gasteiger partial charge in [0.05, 0.1) is 19.7 Å². The molecule has 0 saturated heterocycles. The minimum absolute atomic E-state index is 0. The van der Waals surface area contributed by atoms with Gasteiger partial charge in [0.1, 0.15) is 5.82 Å². The Morgan fingerprint density at radius 1 is 0.943 bits per heavy atom. The summed E-state index contributed by atoms with van der Waals surface area (Å²) in [4.78, 5) is 12.0. The number of para-hydroxylation sites is 1. The van der Waals surface area contributed by atoms with E-state index in [1.54, 1.807) is 14.2 Å². The number of nitrogens with zero attached hydrogens (tertiary/aromatic N) is 3. The fourth-order valence-corrected chi connectivity index (χ4v) is 3.87. The van der Waals surface area contributed by atoms with Gasteiger partial charge in [-0.3, -0.25) is 0 Å². The molecule has 35 heavy (non-hydrogen) atoms. The second kappa shape index (κ2) is 15.5. The van der Waals surface area contributed by atoms with Crippen molar-refractivity contribution in [1.29, 1.82) is 0 Å². The first-order valence-electron chi connectivity index (χ1n) is 11.7. The normalized spacial score (nSPS) is 11.7. The van der Waals surface area contributed by atoms with Gasteiger partial charge in [-0.15, -0.1) is 24.8 Å². The maximum Gasteiger partial charge on any atom is 0.161 e. The topological polar surface area (TPSA) is 59.5 Å². The highest BCUT2D eigenvalue weighted by Gasteiger charge is 2.10. The fourth-order valence-electron chi connectivity index (χ4n) is 3.87. The molecule has 3 aromatic rings. The first-order chi connectivity index (χ1) is 16.1. The zero-order valence-electron chi connectivity index (χ0n) is 21.3. The van der Waals surface area contributed by atoms with Crippen LogP contribution in [0, 0.1) is 0 Å². The van der Waals surface area contributed by atoms with Crippen LogP contribution in [0.15, 0.2) is 42.5 Å². The Hall–Kier alpha value is -2.54. The summed E-state index contributed by atoms with van der Waals surface area (Å²) in [5, 5.41) is 4.66. The molecular weight excluding hydrogens is 483 g/mol. The van der Waals surface area contributed by atoms with Gasteiger partial charge >= 0.3 is 0 Å². The van der Waals surface area contributed by atoms with E-state index in [-0.39, 0.29) is 24.8 Å². The summed E-state index contributed by atoms with van der Waals surface area (Å²) in [5.74, 6) is 2.95. The fraction of sp³-hybridized carbons (Fsp3) is 0.407. The quantitative estimate of drug-likeness (QED) is 0.290. The van der Waals surface area contributed by atoms with Gasteiger partial charge in [0.15, 0.2) is 17.3 Å². The number of rotatable bonds is 12. The number of ether oxygens (including phenoxy) is 2. The Morgan fingerprint density at radius 2 is 1.66 bits per heavy atom. The summed E-state index contributed by atoms with van der Waals surface area (Å²) in [7, 11) is 3.27. The van der Waals surface area contributed by atoms with Gasteiger partial charge < -0.3 is 19.7 Å². The molecule has 0 spiro atoms. The van der Waals surface area contributed by atoms with Gasteiger partial charge in [-0.05, 0) is 75.3 Å². The van der Waals surface area contributed by atoms with Crippen molar-refractivity contribution in [2.24, 2.45) is 0 Å². The standard InChI is InChI=1S/C27H36N4O2.2ClH/c1-6-31(7-2)18-10-11-20(3)28-27-22-12-8-9-13-23(22)29-26(30-27)17-15-21-14-16-24(32-4)25(19-21)33-5;;/h8-9,12-17,19-20H,6-7,10-11,18H2,1-5H3,(H,28,29,30);2*1H/b17-15+;;. The number of hydrogen-bond acceptors (Lipinski definition) is 6. The molecule has 1 unspecified atom stereocenters. The summed E-state index contributed by atoms with van der Waals surface area (Å²) in [6.07, 6.45) is 6.17. The van der Waals surface area contributed by atoms with Crippen molar-refractivity contribution in [1.82, 2.24) is 14.9 Å². The van der Waals surface area contributed by atoms with E-state index in [1.807, 2.05) is 48.6 Å². The maximum atomic E-state index is 5.41. The van der Waals surface area contributed by atoms with Crippen LogP contribution in [0.2, 0.25) is 0 Å². The number of benzene rings is 2. The lowest BCUT2D eigenvalue weighted by Crippen LogP contribution is -2.25. The molecule has 0 saturated carbocycles. The van der Waals surface area contributed by atoms with Crippen LogP contribution in [-0.2, 0) is 0 Å². The molecule has 8 heteroatoms. The van der Waals surface area contributed by atoms with Crippen LogP contribution < -0.4 is 14.8 Å². The number of fused-ring (bicyclic) bond motifs is 1. The zero-order chi connectivity index (χ0) is 23.6. The third-order valence-corrected chi connectivity index (χ3v) is 5.84. The zero-order valence-corrected chi connectivity index (χ0v) is 22.9. The Labute approximate surface area is 222 Å². The molecule has 1 atom stereocenters. The number of aromatic nitrogens is 2. The Kier molecular flexibility index (Phi) is 13.5. The number of methoxy groups -OCH3 is 2. The summed E-state index contributed by atoms with van der Waals surface area (Å²) >= 11 is 0. The van der Waals surface area contributed by atoms with E-state index in [0.717, 1.165) is 54.8 Å². The second-order valence-corrected chi connectivity index (χ2v) is 8.11. The first-order valence-corrected chi connectivity index (χ1v) is 11.7. The summed E-state index contributed by atoms with van der Waals surface area (Å²) in [6.45, 7) is 9.99. The van der Waals surface area contributed by atoms with E-state index in [1.165, 1.54) is 0 Å². The average Bonchev–Trinajstić information content (AvgIpc) is 2.85. The largest absolute Gasteiger partial charge is 0.493 e. The monoisotopic (exact) mass is 520 g/mol. The molecular formula is C27H38Cl2N4O2. The SMILES string of the molecule is CCN(CC)CCCC(C)Nc1nc(/C=C/c2ccc(OC)c(OC)c2)nc2ccccc12.Cl.Cl. The molecule has 0 radical (unpaired) electrons. The molecule has 0 bridgehead atoms. The highest BCUT2D eigenvalue weighted by molar-refractivity contribution is 5.90. The maximum absolute atomic E-state index is 5.41. The highest BCUT2D eigenvalue weighted by Crippen LogP contribution is 2.28. The molecule has 0 amide bonds. The van der Waals surface area contributed by atoms with Crippen LogP contribution in [0.3, 0.4) is 0 Å². The predicted octanol–water partition coefficient (Wildman–Crippen LogP) is 6.58. The van der Waals surface area contributed by atoms with E-state index in [4.69, 9.17) is 19.4 Å². The smallest absolute Gasteiger partial charge is 0.161 e. The molecule has 6 nitrogen and oxygen atoms in total. The molecule has 0 fully saturated rings. The van der Waals surface area contributed by atoms with Crippen LogP contribution in [0.4, 0.5) is 5.82 Å². The summed E-state index contributed by atoms with van der Waals surface area (Å²) in [5.41, 5.74) is 1.92. The minimum Gasteiger partial charge on any atom is -0.493 e. The molecule has 1 N–H and O–H groups in total. The molecule has 2 aromatic carbocycles. The molecule has 3 rings (SSSR count). The second-order valence-electron chi connectivity index (χ2n) is 8.11. The van der Waals surface area contributed by atoms with Gasteiger partial charge in [0, 0.05) is 11.4 Å². The van der Waals surface area contributed by atoms with Crippen molar-refractivity contribution in [3.05, 3.63) is 53.9 Å². The lowest BCUT2D eigenvalue weighted by molar-refractivity contribution is 0.295. The van der Waals surface area contributed by atoms with Crippen molar-refractivity contribution in [3.63, 3.8) is 0 Å². The van der Waals surface area contributed by atoms with Crippen molar-refractivity contribution in [3.8, 4) is 11.5 Å². The summed E-state index contributed by atoms with van der Waals surface area (Å²) in [6, 6.07) is 14.3. The van der Waals surface area contributed by atoms with Crippen LogP contribution >= 0.6 is 24.8 Å². The van der Waals surface area contributed by atoms with Gasteiger partial charge in [-0.2, -0.15) is 0 Å².